The fourth-order valence-corrected chi connectivity index (χ4v) is 3.76. The minimum absolute atomic E-state index is 0.153. The van der Waals surface area contributed by atoms with Crippen LogP contribution in [0.15, 0.2) is 41.0 Å². The number of aryl methyl sites for hydroxylation is 2. The van der Waals surface area contributed by atoms with E-state index in [-0.39, 0.29) is 12.2 Å². The summed E-state index contributed by atoms with van der Waals surface area (Å²) in [6.45, 7) is 6.21. The summed E-state index contributed by atoms with van der Waals surface area (Å²) in [5.41, 5.74) is 3.19. The fourth-order valence-electron chi connectivity index (χ4n) is 3.26. The van der Waals surface area contributed by atoms with Gasteiger partial charge in [0.25, 0.3) is 5.91 Å². The third-order valence-electron chi connectivity index (χ3n) is 5.04. The maximum atomic E-state index is 14.1. The molecule has 11 heteroatoms. The van der Waals surface area contributed by atoms with Crippen molar-refractivity contribution in [3.8, 4) is 0 Å². The highest BCUT2D eigenvalue weighted by atomic mass is 79.9. The largest absolute Gasteiger partial charge is 0.304 e. The molecule has 0 aliphatic rings. The van der Waals surface area contributed by atoms with E-state index in [1.54, 1.807) is 44.5 Å². The summed E-state index contributed by atoms with van der Waals surface area (Å²) in [6, 6.07) is 7.86. The number of nitrogens with one attached hydrogen (secondary N) is 1. The van der Waals surface area contributed by atoms with Crippen LogP contribution in [0.3, 0.4) is 0 Å². The van der Waals surface area contributed by atoms with Crippen LogP contribution < -0.4 is 5.32 Å². The van der Waals surface area contributed by atoms with E-state index in [0.29, 0.717) is 23.1 Å². The van der Waals surface area contributed by atoms with Crippen molar-refractivity contribution >= 4 is 39.3 Å². The Kier molecular flexibility index (Phi) is 6.16. The first-order chi connectivity index (χ1) is 15.2. The molecule has 1 amide bonds. The summed E-state index contributed by atoms with van der Waals surface area (Å²) < 4.78 is 20.1. The quantitative estimate of drug-likeness (QED) is 0.404. The molecular weight excluding hydrogens is 501 g/mol. The van der Waals surface area contributed by atoms with Gasteiger partial charge in [-0.25, -0.2) is 9.07 Å². The smallest absolute Gasteiger partial charge is 0.277 e. The molecule has 8 nitrogen and oxygen atoms in total. The standard InChI is InChI=1S/C21H20BrClFN7O/c1-12-9-19(28-30(12)10-15-16(23)5-4-6-17(15)24)25-21(32)18-7-8-29(27-18)11-31-14(3)20(22)13(2)26-31/h4-9H,10-11H2,1-3H3,(H,25,28,32). The molecule has 1 N–H and O–H groups in total. The van der Waals surface area contributed by atoms with Crippen LogP contribution in [0.2, 0.25) is 5.02 Å². The van der Waals surface area contributed by atoms with Gasteiger partial charge in [-0.2, -0.15) is 15.3 Å². The predicted octanol–water partition coefficient (Wildman–Crippen LogP) is 4.56. The SMILES string of the molecule is Cc1nn(Cn2ccc(C(=O)Nc3cc(C)n(Cc4c(F)cccc4Cl)n3)n2)c(C)c1Br. The van der Waals surface area contributed by atoms with Crippen LogP contribution in [0.4, 0.5) is 10.2 Å². The number of hydrogen-bond donors (Lipinski definition) is 1. The molecule has 0 saturated heterocycles. The highest BCUT2D eigenvalue weighted by Crippen LogP contribution is 2.22. The van der Waals surface area contributed by atoms with E-state index < -0.39 is 11.7 Å². The Hall–Kier alpha value is -2.98. The van der Waals surface area contributed by atoms with E-state index in [2.05, 4.69) is 36.5 Å². The molecule has 3 heterocycles. The number of carbonyl (C=O) groups is 1. The summed E-state index contributed by atoms with van der Waals surface area (Å²) in [5.74, 6) is -0.456. The number of halogens is 3. The molecule has 0 atom stereocenters. The summed E-state index contributed by atoms with van der Waals surface area (Å²) in [4.78, 5) is 12.6. The Morgan fingerprint density at radius 1 is 1.16 bits per heavy atom. The van der Waals surface area contributed by atoms with Gasteiger partial charge < -0.3 is 5.32 Å². The van der Waals surface area contributed by atoms with Gasteiger partial charge in [0.15, 0.2) is 11.5 Å². The number of rotatable bonds is 6. The van der Waals surface area contributed by atoms with E-state index in [9.17, 15) is 9.18 Å². The lowest BCUT2D eigenvalue weighted by molar-refractivity contribution is 0.102. The highest BCUT2D eigenvalue weighted by molar-refractivity contribution is 9.10. The van der Waals surface area contributed by atoms with Crippen molar-refractivity contribution < 1.29 is 9.18 Å². The number of aromatic nitrogens is 6. The second kappa shape index (κ2) is 8.87. The first-order valence-corrected chi connectivity index (χ1v) is 10.9. The Labute approximate surface area is 197 Å². The lowest BCUT2D eigenvalue weighted by Gasteiger charge is -2.07. The van der Waals surface area contributed by atoms with E-state index in [0.717, 1.165) is 21.6 Å². The van der Waals surface area contributed by atoms with Crippen molar-refractivity contribution in [1.82, 2.24) is 29.3 Å². The normalized spacial score (nSPS) is 11.2. The molecule has 4 rings (SSSR count). The summed E-state index contributed by atoms with van der Waals surface area (Å²) in [5, 5.41) is 16.2. The maximum absolute atomic E-state index is 14.1. The van der Waals surface area contributed by atoms with Crippen LogP contribution in [0.1, 0.15) is 33.1 Å². The van der Waals surface area contributed by atoms with Crippen molar-refractivity contribution in [2.75, 3.05) is 5.32 Å². The first kappa shape index (κ1) is 22.2. The highest BCUT2D eigenvalue weighted by Gasteiger charge is 2.16. The number of nitrogens with zero attached hydrogens (tertiary/aromatic N) is 6. The monoisotopic (exact) mass is 519 g/mol. The molecule has 32 heavy (non-hydrogen) atoms. The van der Waals surface area contributed by atoms with Gasteiger partial charge in [-0.1, -0.05) is 17.7 Å². The summed E-state index contributed by atoms with van der Waals surface area (Å²) in [7, 11) is 0. The van der Waals surface area contributed by atoms with Gasteiger partial charge in [0, 0.05) is 28.5 Å². The van der Waals surface area contributed by atoms with Gasteiger partial charge in [-0.05, 0) is 54.9 Å². The van der Waals surface area contributed by atoms with Crippen molar-refractivity contribution in [2.24, 2.45) is 0 Å². The van der Waals surface area contributed by atoms with Crippen LogP contribution in [0, 0.1) is 26.6 Å². The second-order valence-corrected chi connectivity index (χ2v) is 8.55. The van der Waals surface area contributed by atoms with Crippen LogP contribution in [-0.2, 0) is 13.2 Å². The third kappa shape index (κ3) is 4.46. The molecule has 0 saturated carbocycles. The molecule has 166 valence electrons. The van der Waals surface area contributed by atoms with Gasteiger partial charge in [0.05, 0.1) is 22.4 Å². The maximum Gasteiger partial charge on any atom is 0.277 e. The Morgan fingerprint density at radius 3 is 2.62 bits per heavy atom. The van der Waals surface area contributed by atoms with Gasteiger partial charge in [-0.3, -0.25) is 14.2 Å². The molecule has 0 radical (unpaired) electrons. The fraction of sp³-hybridized carbons (Fsp3) is 0.238. The zero-order valence-corrected chi connectivity index (χ0v) is 19.9. The zero-order valence-electron chi connectivity index (χ0n) is 17.6. The summed E-state index contributed by atoms with van der Waals surface area (Å²) >= 11 is 9.61. The van der Waals surface area contributed by atoms with E-state index >= 15 is 0 Å². The molecule has 0 fully saturated rings. The van der Waals surface area contributed by atoms with E-state index in [4.69, 9.17) is 11.6 Å². The molecule has 4 aromatic rings. The number of amides is 1. The minimum Gasteiger partial charge on any atom is -0.304 e. The van der Waals surface area contributed by atoms with Crippen molar-refractivity contribution in [3.63, 3.8) is 0 Å². The van der Waals surface area contributed by atoms with E-state index in [1.165, 1.54) is 6.07 Å². The Morgan fingerprint density at radius 2 is 1.94 bits per heavy atom. The number of benzene rings is 1. The number of carbonyl (C=O) groups excluding carboxylic acids is 1. The predicted molar refractivity (Wildman–Crippen MR) is 122 cm³/mol. The molecule has 0 aliphatic heterocycles. The van der Waals surface area contributed by atoms with Crippen molar-refractivity contribution in [2.45, 2.75) is 34.0 Å². The van der Waals surface area contributed by atoms with Crippen LogP contribution in [0.25, 0.3) is 0 Å². The second-order valence-electron chi connectivity index (χ2n) is 7.35. The van der Waals surface area contributed by atoms with Gasteiger partial charge in [-0.15, -0.1) is 0 Å². The van der Waals surface area contributed by atoms with Gasteiger partial charge >= 0.3 is 0 Å². The number of hydrogen-bond acceptors (Lipinski definition) is 4. The van der Waals surface area contributed by atoms with Crippen molar-refractivity contribution in [3.05, 3.63) is 80.2 Å². The van der Waals surface area contributed by atoms with Gasteiger partial charge in [0.2, 0.25) is 0 Å². The molecule has 0 bridgehead atoms. The zero-order chi connectivity index (χ0) is 23.0. The molecule has 3 aromatic heterocycles. The van der Waals surface area contributed by atoms with Crippen LogP contribution in [0.5, 0.6) is 0 Å². The van der Waals surface area contributed by atoms with Crippen LogP contribution >= 0.6 is 27.5 Å². The Balaban J connectivity index is 1.46. The third-order valence-corrected chi connectivity index (χ3v) is 6.54. The average Bonchev–Trinajstić information content (AvgIpc) is 3.41. The summed E-state index contributed by atoms with van der Waals surface area (Å²) in [6.07, 6.45) is 1.71. The van der Waals surface area contributed by atoms with Crippen LogP contribution in [-0.4, -0.2) is 35.2 Å². The molecule has 1 aromatic carbocycles. The van der Waals surface area contributed by atoms with Crippen molar-refractivity contribution in [1.29, 1.82) is 0 Å². The lowest BCUT2D eigenvalue weighted by atomic mass is 10.2. The molecule has 0 aliphatic carbocycles. The number of anilines is 1. The lowest BCUT2D eigenvalue weighted by Crippen LogP contribution is -2.16. The first-order valence-electron chi connectivity index (χ1n) is 9.74. The minimum atomic E-state index is -0.404. The average molecular weight is 521 g/mol. The molecule has 0 spiro atoms. The van der Waals surface area contributed by atoms with Gasteiger partial charge in [0.1, 0.15) is 12.5 Å². The topological polar surface area (TPSA) is 82.6 Å². The van der Waals surface area contributed by atoms with E-state index in [1.807, 2.05) is 20.8 Å². The molecular formula is C21H20BrClFN7O. The Bertz CT molecular complexity index is 1290. The molecule has 0 unspecified atom stereocenters.